The van der Waals surface area contributed by atoms with Crippen LogP contribution in [0, 0.1) is 0 Å². The highest BCUT2D eigenvalue weighted by molar-refractivity contribution is 5.89. The first kappa shape index (κ1) is 15.0. The molecule has 2 aliphatic heterocycles. The smallest absolute Gasteiger partial charge is 0.378 e. The van der Waals surface area contributed by atoms with Crippen LogP contribution in [0.15, 0.2) is 11.5 Å². The molecule has 0 aromatic carbocycles. The van der Waals surface area contributed by atoms with E-state index >= 15 is 0 Å². The van der Waals surface area contributed by atoms with Crippen molar-refractivity contribution in [1.29, 1.82) is 0 Å². The van der Waals surface area contributed by atoms with Crippen molar-refractivity contribution in [1.82, 2.24) is 0 Å². The van der Waals surface area contributed by atoms with Gasteiger partial charge in [0.1, 0.15) is 12.2 Å². The molecule has 0 aromatic heterocycles. The van der Waals surface area contributed by atoms with E-state index in [9.17, 15) is 25.2 Å². The van der Waals surface area contributed by atoms with E-state index in [1.807, 2.05) is 0 Å². The predicted octanol–water partition coefficient (Wildman–Crippen LogP) is -2.48. The molecule has 0 aromatic rings. The van der Waals surface area contributed by atoms with Crippen LogP contribution in [0.3, 0.4) is 0 Å². The second-order valence-electron chi connectivity index (χ2n) is 4.57. The Morgan fingerprint density at radius 1 is 1.40 bits per heavy atom. The molecule has 0 amide bonds. The molecular formula is C11H16O9. The molecule has 1 fully saturated rings. The lowest BCUT2D eigenvalue weighted by atomic mass is 10.1. The molecule has 2 heterocycles. The summed E-state index contributed by atoms with van der Waals surface area (Å²) in [7, 11) is 0. The summed E-state index contributed by atoms with van der Waals surface area (Å²) in [5.41, 5.74) is 0. The third-order valence-electron chi connectivity index (χ3n) is 2.97. The number of ether oxygens (including phenoxy) is 3. The minimum absolute atomic E-state index is 0.00352. The maximum Gasteiger partial charge on any atom is 0.378 e. The predicted molar refractivity (Wildman–Crippen MR) is 60.1 cm³/mol. The number of hydrogen-bond acceptors (Lipinski definition) is 9. The van der Waals surface area contributed by atoms with Crippen LogP contribution in [0.2, 0.25) is 0 Å². The largest absolute Gasteiger partial charge is 0.505 e. The van der Waals surface area contributed by atoms with Crippen molar-refractivity contribution in [2.24, 2.45) is 0 Å². The van der Waals surface area contributed by atoms with Crippen LogP contribution in [0.5, 0.6) is 0 Å². The number of carbonyl (C=O) groups is 1. The van der Waals surface area contributed by atoms with E-state index in [1.54, 1.807) is 0 Å². The minimum Gasteiger partial charge on any atom is -0.505 e. The highest BCUT2D eigenvalue weighted by Crippen LogP contribution is 2.27. The second kappa shape index (κ2) is 5.94. The standard InChI is InChI=1S/C11H16O9/c12-2-6(15)8-7(16)9(10(17)19-8)20-11-5(14)1-4(13)3-18-11/h4-6,8,11-16H,1-3H2. The summed E-state index contributed by atoms with van der Waals surface area (Å²) in [6.45, 7) is -0.808. The number of esters is 1. The van der Waals surface area contributed by atoms with Gasteiger partial charge in [0.25, 0.3) is 0 Å². The summed E-state index contributed by atoms with van der Waals surface area (Å²) >= 11 is 0. The van der Waals surface area contributed by atoms with Crippen molar-refractivity contribution in [2.75, 3.05) is 13.2 Å². The quantitative estimate of drug-likeness (QED) is 0.355. The highest BCUT2D eigenvalue weighted by Gasteiger charge is 2.43. The van der Waals surface area contributed by atoms with Gasteiger partial charge in [-0.25, -0.2) is 4.79 Å². The summed E-state index contributed by atoms with van der Waals surface area (Å²) in [6.07, 6.45) is -6.18. The molecule has 0 saturated carbocycles. The monoisotopic (exact) mass is 292 g/mol. The Kier molecular flexibility index (Phi) is 4.45. The molecular weight excluding hydrogens is 276 g/mol. The Labute approximate surface area is 113 Å². The molecule has 1 saturated heterocycles. The van der Waals surface area contributed by atoms with Gasteiger partial charge in [0.15, 0.2) is 11.9 Å². The Hall–Kier alpha value is -1.39. The van der Waals surface area contributed by atoms with Gasteiger partial charge in [-0.1, -0.05) is 0 Å². The van der Waals surface area contributed by atoms with Gasteiger partial charge < -0.3 is 39.7 Å². The molecule has 20 heavy (non-hydrogen) atoms. The van der Waals surface area contributed by atoms with Crippen molar-refractivity contribution in [3.8, 4) is 0 Å². The fourth-order valence-corrected chi connectivity index (χ4v) is 1.93. The van der Waals surface area contributed by atoms with Crippen molar-refractivity contribution in [3.05, 3.63) is 11.5 Å². The van der Waals surface area contributed by atoms with Crippen molar-refractivity contribution < 1.29 is 44.5 Å². The molecule has 114 valence electrons. The maximum absolute atomic E-state index is 11.5. The molecule has 5 unspecified atom stereocenters. The van der Waals surface area contributed by atoms with E-state index in [4.69, 9.17) is 14.6 Å². The fraction of sp³-hybridized carbons (Fsp3) is 0.727. The summed E-state index contributed by atoms with van der Waals surface area (Å²) in [5.74, 6) is -2.32. The van der Waals surface area contributed by atoms with Gasteiger partial charge in [-0.15, -0.1) is 0 Å². The van der Waals surface area contributed by atoms with E-state index < -0.39 is 54.8 Å². The molecule has 9 nitrogen and oxygen atoms in total. The zero-order valence-corrected chi connectivity index (χ0v) is 10.4. The van der Waals surface area contributed by atoms with E-state index in [0.717, 1.165) is 0 Å². The number of aliphatic hydroxyl groups excluding tert-OH is 5. The molecule has 2 rings (SSSR count). The number of carbonyl (C=O) groups excluding carboxylic acids is 1. The van der Waals surface area contributed by atoms with Crippen LogP contribution >= 0.6 is 0 Å². The van der Waals surface area contributed by atoms with Crippen LogP contribution in [0.1, 0.15) is 6.42 Å². The Bertz CT molecular complexity index is 407. The lowest BCUT2D eigenvalue weighted by Gasteiger charge is -2.30. The molecule has 0 radical (unpaired) electrons. The van der Waals surface area contributed by atoms with Crippen molar-refractivity contribution >= 4 is 5.97 Å². The average Bonchev–Trinajstić information content (AvgIpc) is 2.68. The first-order valence-corrected chi connectivity index (χ1v) is 6.01. The van der Waals surface area contributed by atoms with Gasteiger partial charge in [0.05, 0.1) is 19.3 Å². The van der Waals surface area contributed by atoms with Gasteiger partial charge in [-0.2, -0.15) is 0 Å². The first-order chi connectivity index (χ1) is 9.43. The van der Waals surface area contributed by atoms with Crippen LogP contribution in [0.4, 0.5) is 0 Å². The van der Waals surface area contributed by atoms with Crippen LogP contribution in [-0.4, -0.2) is 75.4 Å². The van der Waals surface area contributed by atoms with E-state index in [2.05, 4.69) is 4.74 Å². The van der Waals surface area contributed by atoms with Gasteiger partial charge in [0, 0.05) is 6.42 Å². The van der Waals surface area contributed by atoms with Gasteiger partial charge >= 0.3 is 5.97 Å². The number of cyclic esters (lactones) is 1. The molecule has 0 aliphatic carbocycles. The fourth-order valence-electron chi connectivity index (χ4n) is 1.93. The topological polar surface area (TPSA) is 146 Å². The summed E-state index contributed by atoms with van der Waals surface area (Å²) in [6, 6.07) is 0. The van der Waals surface area contributed by atoms with Crippen LogP contribution in [0.25, 0.3) is 0 Å². The van der Waals surface area contributed by atoms with Gasteiger partial charge in [-0.05, 0) is 0 Å². The molecule has 2 aliphatic rings. The highest BCUT2D eigenvalue weighted by atomic mass is 16.7. The lowest BCUT2D eigenvalue weighted by molar-refractivity contribution is -0.222. The second-order valence-corrected chi connectivity index (χ2v) is 4.57. The molecule has 0 spiro atoms. The van der Waals surface area contributed by atoms with E-state index in [0.29, 0.717) is 0 Å². The van der Waals surface area contributed by atoms with Gasteiger partial charge in [-0.3, -0.25) is 0 Å². The minimum atomic E-state index is -1.49. The van der Waals surface area contributed by atoms with Crippen LogP contribution < -0.4 is 0 Å². The molecule has 5 atom stereocenters. The first-order valence-electron chi connectivity index (χ1n) is 6.01. The summed E-state index contributed by atoms with van der Waals surface area (Å²) in [4.78, 5) is 11.5. The number of hydrogen-bond donors (Lipinski definition) is 5. The molecule has 5 N–H and O–H groups in total. The van der Waals surface area contributed by atoms with Crippen LogP contribution in [-0.2, 0) is 19.0 Å². The van der Waals surface area contributed by atoms with E-state index in [1.165, 1.54) is 0 Å². The summed E-state index contributed by atoms with van der Waals surface area (Å²) < 4.78 is 14.7. The van der Waals surface area contributed by atoms with Crippen molar-refractivity contribution in [2.45, 2.75) is 37.1 Å². The molecule has 9 heteroatoms. The number of rotatable bonds is 4. The zero-order chi connectivity index (χ0) is 14.9. The number of aliphatic hydroxyl groups is 5. The SMILES string of the molecule is O=C1OC(C(O)CO)C(O)=C1OC1OCC(O)CC1O. The van der Waals surface area contributed by atoms with E-state index in [-0.39, 0.29) is 13.0 Å². The Morgan fingerprint density at radius 3 is 2.70 bits per heavy atom. The third-order valence-corrected chi connectivity index (χ3v) is 2.97. The third kappa shape index (κ3) is 2.86. The maximum atomic E-state index is 11.5. The lowest BCUT2D eigenvalue weighted by Crippen LogP contribution is -2.42. The zero-order valence-electron chi connectivity index (χ0n) is 10.4. The average molecular weight is 292 g/mol. The van der Waals surface area contributed by atoms with Crippen molar-refractivity contribution in [3.63, 3.8) is 0 Å². The normalized spacial score (nSPS) is 35.9. The summed E-state index contributed by atoms with van der Waals surface area (Å²) in [5, 5.41) is 46.8. The Balaban J connectivity index is 2.07. The Morgan fingerprint density at radius 2 is 2.10 bits per heavy atom. The van der Waals surface area contributed by atoms with Gasteiger partial charge in [0.2, 0.25) is 12.0 Å². The molecule has 0 bridgehead atoms.